The van der Waals surface area contributed by atoms with Crippen LogP contribution >= 0.6 is 0 Å². The molecule has 0 aromatic rings. The molecular formula is C16H35N3. The van der Waals surface area contributed by atoms with E-state index in [0.717, 1.165) is 5.92 Å². The number of nitrogens with one attached hydrogen (secondary N) is 1. The van der Waals surface area contributed by atoms with Gasteiger partial charge < -0.3 is 15.1 Å². The van der Waals surface area contributed by atoms with Gasteiger partial charge in [0.1, 0.15) is 0 Å². The Bertz CT molecular complexity index is 198. The number of hydrogen-bond donors (Lipinski definition) is 1. The molecule has 1 rings (SSSR count). The molecular weight excluding hydrogens is 234 g/mol. The zero-order chi connectivity index (χ0) is 13.9. The van der Waals surface area contributed by atoms with Crippen LogP contribution in [0.25, 0.3) is 0 Å². The number of nitrogens with zero attached hydrogens (tertiary/aromatic N) is 2. The highest BCUT2D eigenvalue weighted by Gasteiger charge is 2.14. The highest BCUT2D eigenvalue weighted by atomic mass is 15.1. The van der Waals surface area contributed by atoms with Crippen LogP contribution in [-0.2, 0) is 0 Å². The van der Waals surface area contributed by atoms with E-state index in [-0.39, 0.29) is 0 Å². The molecule has 1 unspecified atom stereocenters. The van der Waals surface area contributed by atoms with Gasteiger partial charge in [0.15, 0.2) is 0 Å². The molecule has 0 bridgehead atoms. The molecule has 19 heavy (non-hydrogen) atoms. The van der Waals surface area contributed by atoms with Gasteiger partial charge in [-0.1, -0.05) is 20.8 Å². The van der Waals surface area contributed by atoms with Gasteiger partial charge in [0.25, 0.3) is 0 Å². The van der Waals surface area contributed by atoms with Crippen molar-refractivity contribution >= 4 is 0 Å². The van der Waals surface area contributed by atoms with Crippen molar-refractivity contribution in [1.29, 1.82) is 0 Å². The minimum Gasteiger partial charge on any atom is -0.316 e. The molecule has 114 valence electrons. The molecule has 3 nitrogen and oxygen atoms in total. The molecule has 1 atom stereocenters. The summed E-state index contributed by atoms with van der Waals surface area (Å²) in [6.45, 7) is 16.7. The van der Waals surface area contributed by atoms with Crippen molar-refractivity contribution in [2.45, 2.75) is 46.5 Å². The van der Waals surface area contributed by atoms with E-state index in [1.165, 1.54) is 78.0 Å². The first kappa shape index (κ1) is 16.9. The van der Waals surface area contributed by atoms with Crippen molar-refractivity contribution in [2.24, 2.45) is 5.92 Å². The lowest BCUT2D eigenvalue weighted by molar-refractivity contribution is 0.223. The SMILES string of the molecule is CCN(CC)CCCN(CC)CCC1CCCNC1. The van der Waals surface area contributed by atoms with Crippen LogP contribution in [0, 0.1) is 5.92 Å². The maximum atomic E-state index is 3.52. The molecule has 0 saturated carbocycles. The van der Waals surface area contributed by atoms with E-state index in [0.29, 0.717) is 0 Å². The molecule has 0 aromatic carbocycles. The standard InChI is InChI=1S/C16H35N3/c1-4-18(5-2)12-8-13-19(6-3)14-10-16-9-7-11-17-15-16/h16-17H,4-15H2,1-3H3. The summed E-state index contributed by atoms with van der Waals surface area (Å²) in [4.78, 5) is 5.16. The Hall–Kier alpha value is -0.120. The quantitative estimate of drug-likeness (QED) is 0.657. The topological polar surface area (TPSA) is 18.5 Å². The second-order valence-electron chi connectivity index (χ2n) is 5.82. The first-order valence-electron chi connectivity index (χ1n) is 8.45. The van der Waals surface area contributed by atoms with Crippen LogP contribution in [0.1, 0.15) is 46.5 Å². The summed E-state index contributed by atoms with van der Waals surface area (Å²) in [6.07, 6.45) is 5.51. The fraction of sp³-hybridized carbons (Fsp3) is 1.00. The lowest BCUT2D eigenvalue weighted by Gasteiger charge is -2.27. The van der Waals surface area contributed by atoms with E-state index < -0.39 is 0 Å². The van der Waals surface area contributed by atoms with Crippen molar-refractivity contribution in [3.8, 4) is 0 Å². The van der Waals surface area contributed by atoms with Crippen molar-refractivity contribution in [3.63, 3.8) is 0 Å². The predicted octanol–water partition coefficient (Wildman–Crippen LogP) is 2.43. The van der Waals surface area contributed by atoms with Gasteiger partial charge >= 0.3 is 0 Å². The monoisotopic (exact) mass is 269 g/mol. The third-order valence-corrected chi connectivity index (χ3v) is 4.54. The third kappa shape index (κ3) is 7.28. The van der Waals surface area contributed by atoms with Gasteiger partial charge in [0.2, 0.25) is 0 Å². The predicted molar refractivity (Wildman–Crippen MR) is 84.7 cm³/mol. The summed E-state index contributed by atoms with van der Waals surface area (Å²) in [6, 6.07) is 0. The average Bonchev–Trinajstić information content (AvgIpc) is 2.48. The lowest BCUT2D eigenvalue weighted by atomic mass is 9.96. The van der Waals surface area contributed by atoms with E-state index in [4.69, 9.17) is 0 Å². The van der Waals surface area contributed by atoms with E-state index in [1.807, 2.05) is 0 Å². The summed E-state index contributed by atoms with van der Waals surface area (Å²) in [5.74, 6) is 0.922. The van der Waals surface area contributed by atoms with E-state index in [2.05, 4.69) is 35.9 Å². The van der Waals surface area contributed by atoms with Crippen LogP contribution in [0.5, 0.6) is 0 Å². The number of piperidine rings is 1. The minimum absolute atomic E-state index is 0.922. The molecule has 0 aliphatic carbocycles. The van der Waals surface area contributed by atoms with Crippen LogP contribution in [-0.4, -0.2) is 62.2 Å². The second-order valence-corrected chi connectivity index (χ2v) is 5.82. The molecule has 0 aromatic heterocycles. The smallest absolute Gasteiger partial charge is 0.000666 e. The van der Waals surface area contributed by atoms with Gasteiger partial charge in [-0.2, -0.15) is 0 Å². The fourth-order valence-corrected chi connectivity index (χ4v) is 3.02. The van der Waals surface area contributed by atoms with Crippen molar-refractivity contribution in [1.82, 2.24) is 15.1 Å². The summed E-state index contributed by atoms with van der Waals surface area (Å²) >= 11 is 0. The zero-order valence-corrected chi connectivity index (χ0v) is 13.5. The van der Waals surface area contributed by atoms with Gasteiger partial charge in [0, 0.05) is 0 Å². The summed E-state index contributed by atoms with van der Waals surface area (Å²) in [5.41, 5.74) is 0. The normalized spacial score (nSPS) is 20.4. The van der Waals surface area contributed by atoms with Crippen LogP contribution in [0.2, 0.25) is 0 Å². The minimum atomic E-state index is 0.922. The molecule has 1 fully saturated rings. The van der Waals surface area contributed by atoms with Gasteiger partial charge in [-0.25, -0.2) is 0 Å². The Morgan fingerprint density at radius 3 is 2.21 bits per heavy atom. The Morgan fingerprint density at radius 2 is 1.63 bits per heavy atom. The van der Waals surface area contributed by atoms with Gasteiger partial charge in [-0.3, -0.25) is 0 Å². The van der Waals surface area contributed by atoms with Crippen LogP contribution in [0.3, 0.4) is 0 Å². The number of rotatable bonds is 10. The highest BCUT2D eigenvalue weighted by molar-refractivity contribution is 4.71. The van der Waals surface area contributed by atoms with Crippen LogP contribution in [0.4, 0.5) is 0 Å². The van der Waals surface area contributed by atoms with Crippen LogP contribution in [0.15, 0.2) is 0 Å². The zero-order valence-electron chi connectivity index (χ0n) is 13.5. The Labute approximate surface area is 120 Å². The molecule has 1 aliphatic rings. The van der Waals surface area contributed by atoms with Gasteiger partial charge in [-0.15, -0.1) is 0 Å². The first-order chi connectivity index (χ1) is 9.30. The van der Waals surface area contributed by atoms with Gasteiger partial charge in [-0.05, 0) is 84.0 Å². The van der Waals surface area contributed by atoms with Crippen molar-refractivity contribution in [2.75, 3.05) is 52.4 Å². The summed E-state index contributed by atoms with van der Waals surface area (Å²) in [7, 11) is 0. The molecule has 0 amide bonds. The van der Waals surface area contributed by atoms with Gasteiger partial charge in [0.05, 0.1) is 0 Å². The third-order valence-electron chi connectivity index (χ3n) is 4.54. The molecule has 1 aliphatic heterocycles. The number of hydrogen-bond acceptors (Lipinski definition) is 3. The largest absolute Gasteiger partial charge is 0.316 e. The Morgan fingerprint density at radius 1 is 0.947 bits per heavy atom. The first-order valence-corrected chi connectivity index (χ1v) is 8.45. The summed E-state index contributed by atoms with van der Waals surface area (Å²) < 4.78 is 0. The molecule has 3 heteroatoms. The van der Waals surface area contributed by atoms with E-state index in [9.17, 15) is 0 Å². The van der Waals surface area contributed by atoms with Crippen LogP contribution < -0.4 is 5.32 Å². The fourth-order valence-electron chi connectivity index (χ4n) is 3.02. The average molecular weight is 269 g/mol. The maximum absolute atomic E-state index is 3.52. The lowest BCUT2D eigenvalue weighted by Crippen LogP contribution is -2.34. The summed E-state index contributed by atoms with van der Waals surface area (Å²) in [5, 5.41) is 3.52. The van der Waals surface area contributed by atoms with E-state index in [1.54, 1.807) is 0 Å². The van der Waals surface area contributed by atoms with Crippen molar-refractivity contribution < 1.29 is 0 Å². The van der Waals surface area contributed by atoms with Crippen molar-refractivity contribution in [3.05, 3.63) is 0 Å². The molecule has 0 radical (unpaired) electrons. The Balaban J connectivity index is 2.10. The molecule has 0 spiro atoms. The highest BCUT2D eigenvalue weighted by Crippen LogP contribution is 2.14. The Kier molecular flexibility index (Phi) is 9.48. The molecule has 1 N–H and O–H groups in total. The van der Waals surface area contributed by atoms with E-state index >= 15 is 0 Å². The molecule has 1 saturated heterocycles. The molecule has 1 heterocycles. The maximum Gasteiger partial charge on any atom is -0.000666 e. The second kappa shape index (κ2) is 10.6.